The molecule has 0 saturated carbocycles. The Kier molecular flexibility index (Phi) is 4.09. The number of methoxy groups -OCH3 is 2. The second-order valence-corrected chi connectivity index (χ2v) is 4.25. The Labute approximate surface area is 102 Å². The summed E-state index contributed by atoms with van der Waals surface area (Å²) in [6.07, 6.45) is 2.42. The lowest BCUT2D eigenvalue weighted by Crippen LogP contribution is -2.38. The van der Waals surface area contributed by atoms with Crippen molar-refractivity contribution in [1.82, 2.24) is 5.32 Å². The van der Waals surface area contributed by atoms with Gasteiger partial charge in [-0.1, -0.05) is 0 Å². The lowest BCUT2D eigenvalue weighted by atomic mass is 10.1. The third-order valence-corrected chi connectivity index (χ3v) is 3.07. The van der Waals surface area contributed by atoms with Crippen LogP contribution in [0.4, 0.5) is 5.69 Å². The van der Waals surface area contributed by atoms with Crippen molar-refractivity contribution in [3.63, 3.8) is 0 Å². The fourth-order valence-electron chi connectivity index (χ4n) is 2.11. The van der Waals surface area contributed by atoms with Crippen molar-refractivity contribution in [3.8, 4) is 11.5 Å². The molecule has 0 spiro atoms. The minimum Gasteiger partial charge on any atom is -0.497 e. The van der Waals surface area contributed by atoms with Crippen LogP contribution < -0.4 is 20.1 Å². The van der Waals surface area contributed by atoms with Gasteiger partial charge in [-0.15, -0.1) is 0 Å². The van der Waals surface area contributed by atoms with Crippen LogP contribution in [0.1, 0.15) is 12.8 Å². The summed E-state index contributed by atoms with van der Waals surface area (Å²) in [4.78, 5) is 0. The molecule has 4 nitrogen and oxygen atoms in total. The van der Waals surface area contributed by atoms with Crippen LogP contribution in [0, 0.1) is 0 Å². The van der Waals surface area contributed by atoms with Crippen LogP contribution in [-0.2, 0) is 0 Å². The third kappa shape index (κ3) is 3.03. The van der Waals surface area contributed by atoms with Crippen LogP contribution in [0.25, 0.3) is 0 Å². The highest BCUT2D eigenvalue weighted by atomic mass is 16.5. The molecule has 0 aliphatic carbocycles. The van der Waals surface area contributed by atoms with E-state index >= 15 is 0 Å². The summed E-state index contributed by atoms with van der Waals surface area (Å²) in [7, 11) is 3.34. The number of ether oxygens (including phenoxy) is 2. The lowest BCUT2D eigenvalue weighted by Gasteiger charge is -2.25. The Morgan fingerprint density at radius 2 is 2.18 bits per heavy atom. The Hall–Kier alpha value is -1.42. The Bertz CT molecular complexity index is 362. The number of nitrogens with one attached hydrogen (secondary N) is 2. The van der Waals surface area contributed by atoms with Crippen LogP contribution in [0.15, 0.2) is 18.2 Å². The molecule has 1 atom stereocenters. The van der Waals surface area contributed by atoms with E-state index in [1.165, 1.54) is 12.8 Å². The first-order valence-corrected chi connectivity index (χ1v) is 6.03. The summed E-state index contributed by atoms with van der Waals surface area (Å²) >= 11 is 0. The molecule has 17 heavy (non-hydrogen) atoms. The second-order valence-electron chi connectivity index (χ2n) is 4.25. The standard InChI is InChI=1S/C13H20N2O2/c1-16-11-5-6-12(13(8-11)17-2)15-10-4-3-7-14-9-10/h5-6,8,10,14-15H,3-4,7,9H2,1-2H3. The van der Waals surface area contributed by atoms with Crippen molar-refractivity contribution in [2.75, 3.05) is 32.6 Å². The first-order chi connectivity index (χ1) is 8.33. The van der Waals surface area contributed by atoms with E-state index in [1.54, 1.807) is 14.2 Å². The van der Waals surface area contributed by atoms with Crippen molar-refractivity contribution in [3.05, 3.63) is 18.2 Å². The highest BCUT2D eigenvalue weighted by Crippen LogP contribution is 2.30. The van der Waals surface area contributed by atoms with Gasteiger partial charge in [0.25, 0.3) is 0 Å². The van der Waals surface area contributed by atoms with Crippen LogP contribution in [-0.4, -0.2) is 33.4 Å². The molecule has 1 fully saturated rings. The number of anilines is 1. The van der Waals surface area contributed by atoms with Gasteiger partial charge < -0.3 is 20.1 Å². The summed E-state index contributed by atoms with van der Waals surface area (Å²) < 4.78 is 10.5. The Morgan fingerprint density at radius 3 is 2.82 bits per heavy atom. The molecule has 0 bridgehead atoms. The monoisotopic (exact) mass is 236 g/mol. The zero-order valence-electron chi connectivity index (χ0n) is 10.5. The molecule has 0 amide bonds. The molecule has 1 unspecified atom stereocenters. The van der Waals surface area contributed by atoms with E-state index in [2.05, 4.69) is 10.6 Å². The molecule has 1 aliphatic heterocycles. The maximum atomic E-state index is 5.37. The normalized spacial score (nSPS) is 19.8. The van der Waals surface area contributed by atoms with E-state index in [0.29, 0.717) is 6.04 Å². The minimum absolute atomic E-state index is 0.478. The summed E-state index contributed by atoms with van der Waals surface area (Å²) in [6, 6.07) is 6.33. The summed E-state index contributed by atoms with van der Waals surface area (Å²) in [6.45, 7) is 2.13. The average molecular weight is 236 g/mol. The Balaban J connectivity index is 2.08. The molecule has 1 aromatic rings. The zero-order chi connectivity index (χ0) is 12.1. The van der Waals surface area contributed by atoms with Gasteiger partial charge in [-0.25, -0.2) is 0 Å². The predicted octanol–water partition coefficient (Wildman–Crippen LogP) is 1.87. The van der Waals surface area contributed by atoms with Crippen LogP contribution in [0.5, 0.6) is 11.5 Å². The van der Waals surface area contributed by atoms with E-state index < -0.39 is 0 Å². The highest BCUT2D eigenvalue weighted by Gasteiger charge is 2.14. The molecular weight excluding hydrogens is 216 g/mol. The first-order valence-electron chi connectivity index (χ1n) is 6.03. The van der Waals surface area contributed by atoms with Crippen LogP contribution >= 0.6 is 0 Å². The summed E-state index contributed by atoms with van der Waals surface area (Å²) in [5.41, 5.74) is 1.03. The quantitative estimate of drug-likeness (QED) is 0.837. The highest BCUT2D eigenvalue weighted by molar-refractivity contribution is 5.59. The summed E-state index contributed by atoms with van der Waals surface area (Å²) in [5, 5.41) is 6.90. The molecule has 1 aromatic carbocycles. The molecule has 2 rings (SSSR count). The number of benzene rings is 1. The second kappa shape index (κ2) is 5.77. The topological polar surface area (TPSA) is 42.5 Å². The molecule has 1 heterocycles. The van der Waals surface area contributed by atoms with Gasteiger partial charge >= 0.3 is 0 Å². The number of hydrogen-bond donors (Lipinski definition) is 2. The van der Waals surface area contributed by atoms with Crippen molar-refractivity contribution < 1.29 is 9.47 Å². The van der Waals surface area contributed by atoms with E-state index in [0.717, 1.165) is 30.3 Å². The number of piperidine rings is 1. The number of rotatable bonds is 4. The summed E-state index contributed by atoms with van der Waals surface area (Å²) in [5.74, 6) is 1.64. The molecule has 0 radical (unpaired) electrons. The number of hydrogen-bond acceptors (Lipinski definition) is 4. The fourth-order valence-corrected chi connectivity index (χ4v) is 2.11. The first kappa shape index (κ1) is 12.0. The molecule has 2 N–H and O–H groups in total. The van der Waals surface area contributed by atoms with Crippen molar-refractivity contribution in [2.24, 2.45) is 0 Å². The van der Waals surface area contributed by atoms with Gasteiger partial charge in [0.05, 0.1) is 19.9 Å². The molecule has 1 saturated heterocycles. The van der Waals surface area contributed by atoms with Crippen molar-refractivity contribution in [1.29, 1.82) is 0 Å². The van der Waals surface area contributed by atoms with Gasteiger partial charge in [0.2, 0.25) is 0 Å². The van der Waals surface area contributed by atoms with Gasteiger partial charge in [0.1, 0.15) is 11.5 Å². The van der Waals surface area contributed by atoms with Crippen molar-refractivity contribution in [2.45, 2.75) is 18.9 Å². The van der Waals surface area contributed by atoms with E-state index in [-0.39, 0.29) is 0 Å². The van der Waals surface area contributed by atoms with E-state index in [4.69, 9.17) is 9.47 Å². The molecular formula is C13H20N2O2. The third-order valence-electron chi connectivity index (χ3n) is 3.07. The maximum absolute atomic E-state index is 5.37. The fraction of sp³-hybridized carbons (Fsp3) is 0.538. The molecule has 1 aliphatic rings. The minimum atomic E-state index is 0.478. The molecule has 4 heteroatoms. The zero-order valence-corrected chi connectivity index (χ0v) is 10.5. The largest absolute Gasteiger partial charge is 0.497 e. The van der Waals surface area contributed by atoms with Gasteiger partial charge in [0, 0.05) is 18.7 Å². The van der Waals surface area contributed by atoms with Crippen LogP contribution in [0.3, 0.4) is 0 Å². The van der Waals surface area contributed by atoms with Gasteiger partial charge in [0.15, 0.2) is 0 Å². The predicted molar refractivity (Wildman–Crippen MR) is 69.1 cm³/mol. The van der Waals surface area contributed by atoms with Gasteiger partial charge in [-0.05, 0) is 31.5 Å². The Morgan fingerprint density at radius 1 is 1.29 bits per heavy atom. The van der Waals surface area contributed by atoms with E-state index in [1.807, 2.05) is 18.2 Å². The lowest BCUT2D eigenvalue weighted by molar-refractivity contribution is 0.394. The van der Waals surface area contributed by atoms with Crippen molar-refractivity contribution >= 4 is 5.69 Å². The SMILES string of the molecule is COc1ccc(NC2CCCNC2)c(OC)c1. The smallest absolute Gasteiger partial charge is 0.145 e. The van der Waals surface area contributed by atoms with Gasteiger partial charge in [-0.2, -0.15) is 0 Å². The van der Waals surface area contributed by atoms with E-state index in [9.17, 15) is 0 Å². The van der Waals surface area contributed by atoms with Crippen LogP contribution in [0.2, 0.25) is 0 Å². The maximum Gasteiger partial charge on any atom is 0.145 e. The molecule has 0 aromatic heterocycles. The van der Waals surface area contributed by atoms with Gasteiger partial charge in [-0.3, -0.25) is 0 Å². The molecule has 94 valence electrons. The average Bonchev–Trinajstić information content (AvgIpc) is 2.40.